The summed E-state index contributed by atoms with van der Waals surface area (Å²) in [6.07, 6.45) is -7.65. The zero-order chi connectivity index (χ0) is 11.4. The summed E-state index contributed by atoms with van der Waals surface area (Å²) in [6.45, 7) is -1.19. The van der Waals surface area contributed by atoms with Crippen molar-refractivity contribution in [3.8, 4) is 6.07 Å². The standard InChI is InChI=1S/C5H7F3N2O3S/c6-5(7,8)4(11)3-10-14(12,13)2-1-9/h4,10-11H,2-3H2. The van der Waals surface area contributed by atoms with Gasteiger partial charge >= 0.3 is 6.18 Å². The van der Waals surface area contributed by atoms with Crippen LogP contribution in [-0.2, 0) is 10.0 Å². The minimum absolute atomic E-state index is 0.947. The Morgan fingerprint density at radius 2 is 2.00 bits per heavy atom. The molecule has 2 N–H and O–H groups in total. The first-order chi connectivity index (χ1) is 6.19. The van der Waals surface area contributed by atoms with Crippen molar-refractivity contribution in [3.63, 3.8) is 0 Å². The molecule has 0 saturated carbocycles. The molecule has 0 aliphatic carbocycles. The molecule has 5 nitrogen and oxygen atoms in total. The predicted octanol–water partition coefficient (Wildman–Crippen LogP) is -0.647. The summed E-state index contributed by atoms with van der Waals surface area (Å²) in [4.78, 5) is 0. The van der Waals surface area contributed by atoms with Crippen molar-refractivity contribution in [1.82, 2.24) is 4.72 Å². The lowest BCUT2D eigenvalue weighted by Gasteiger charge is -2.14. The lowest BCUT2D eigenvalue weighted by atomic mass is 10.4. The quantitative estimate of drug-likeness (QED) is 0.674. The van der Waals surface area contributed by atoms with E-state index < -0.39 is 34.6 Å². The van der Waals surface area contributed by atoms with Gasteiger partial charge in [-0.2, -0.15) is 18.4 Å². The number of nitriles is 1. The average molecular weight is 232 g/mol. The molecule has 0 fully saturated rings. The van der Waals surface area contributed by atoms with Gasteiger partial charge in [-0.3, -0.25) is 0 Å². The number of rotatable bonds is 4. The van der Waals surface area contributed by atoms with E-state index in [1.165, 1.54) is 10.8 Å². The Labute approximate surface area is 78.2 Å². The third-order valence-electron chi connectivity index (χ3n) is 1.13. The molecule has 0 aliphatic heterocycles. The van der Waals surface area contributed by atoms with E-state index in [0.717, 1.165) is 0 Å². The zero-order valence-electron chi connectivity index (χ0n) is 6.74. The molecule has 0 aromatic heterocycles. The number of halogens is 3. The lowest BCUT2D eigenvalue weighted by molar-refractivity contribution is -0.200. The van der Waals surface area contributed by atoms with E-state index in [4.69, 9.17) is 10.4 Å². The van der Waals surface area contributed by atoms with Crippen LogP contribution in [0.15, 0.2) is 0 Å². The van der Waals surface area contributed by atoms with Crippen molar-refractivity contribution in [2.45, 2.75) is 12.3 Å². The van der Waals surface area contributed by atoms with Gasteiger partial charge in [-0.25, -0.2) is 13.1 Å². The molecule has 82 valence electrons. The normalized spacial score (nSPS) is 14.8. The Morgan fingerprint density at radius 3 is 2.36 bits per heavy atom. The molecule has 0 aromatic carbocycles. The highest BCUT2D eigenvalue weighted by molar-refractivity contribution is 7.89. The molecule has 9 heteroatoms. The molecular weight excluding hydrogens is 225 g/mol. The van der Waals surface area contributed by atoms with Gasteiger partial charge < -0.3 is 5.11 Å². The maximum absolute atomic E-state index is 11.7. The summed E-state index contributed by atoms with van der Waals surface area (Å²) in [6, 6.07) is 1.26. The van der Waals surface area contributed by atoms with Crippen LogP contribution in [0.3, 0.4) is 0 Å². The highest BCUT2D eigenvalue weighted by Crippen LogP contribution is 2.19. The topological polar surface area (TPSA) is 90.2 Å². The van der Waals surface area contributed by atoms with Crippen LogP contribution in [-0.4, -0.2) is 38.1 Å². The molecule has 0 amide bonds. The van der Waals surface area contributed by atoms with Gasteiger partial charge in [0.05, 0.1) is 6.07 Å². The number of aliphatic hydroxyl groups excluding tert-OH is 1. The molecule has 0 rings (SSSR count). The number of hydrogen-bond acceptors (Lipinski definition) is 4. The highest BCUT2D eigenvalue weighted by atomic mass is 32.2. The van der Waals surface area contributed by atoms with Crippen molar-refractivity contribution in [3.05, 3.63) is 0 Å². The number of nitrogens with zero attached hydrogens (tertiary/aromatic N) is 1. The van der Waals surface area contributed by atoms with E-state index in [1.807, 2.05) is 0 Å². The average Bonchev–Trinajstić information content (AvgIpc) is 1.98. The van der Waals surface area contributed by atoms with Crippen LogP contribution in [0.25, 0.3) is 0 Å². The van der Waals surface area contributed by atoms with Crippen molar-refractivity contribution in [2.75, 3.05) is 12.3 Å². The summed E-state index contributed by atoms with van der Waals surface area (Å²) >= 11 is 0. The molecule has 0 aliphatic rings. The van der Waals surface area contributed by atoms with Gasteiger partial charge in [0.25, 0.3) is 0 Å². The number of aliphatic hydroxyl groups is 1. The van der Waals surface area contributed by atoms with Crippen LogP contribution in [0.2, 0.25) is 0 Å². The fourth-order valence-electron chi connectivity index (χ4n) is 0.458. The first kappa shape index (κ1) is 13.2. The molecule has 0 aromatic rings. The van der Waals surface area contributed by atoms with Gasteiger partial charge in [-0.15, -0.1) is 0 Å². The largest absolute Gasteiger partial charge is 0.415 e. The Hall–Kier alpha value is -0.850. The van der Waals surface area contributed by atoms with E-state index in [-0.39, 0.29) is 0 Å². The third-order valence-corrected chi connectivity index (χ3v) is 2.24. The van der Waals surface area contributed by atoms with Gasteiger partial charge in [0.2, 0.25) is 10.0 Å². The third kappa shape index (κ3) is 5.00. The molecule has 0 spiro atoms. The van der Waals surface area contributed by atoms with Crippen LogP contribution >= 0.6 is 0 Å². The first-order valence-electron chi connectivity index (χ1n) is 3.28. The molecule has 1 atom stereocenters. The van der Waals surface area contributed by atoms with Crippen LogP contribution in [0.1, 0.15) is 0 Å². The molecule has 14 heavy (non-hydrogen) atoms. The minimum atomic E-state index is -4.88. The zero-order valence-corrected chi connectivity index (χ0v) is 7.56. The Balaban J connectivity index is 4.15. The van der Waals surface area contributed by atoms with Gasteiger partial charge in [0.1, 0.15) is 0 Å². The summed E-state index contributed by atoms with van der Waals surface area (Å²) in [5.74, 6) is -0.947. The van der Waals surface area contributed by atoms with Crippen LogP contribution < -0.4 is 4.72 Å². The van der Waals surface area contributed by atoms with Crippen molar-refractivity contribution in [2.24, 2.45) is 0 Å². The predicted molar refractivity (Wildman–Crippen MR) is 39.5 cm³/mol. The van der Waals surface area contributed by atoms with Crippen molar-refractivity contribution >= 4 is 10.0 Å². The SMILES string of the molecule is N#CCS(=O)(=O)NCC(O)C(F)(F)F. The molecule has 0 radical (unpaired) electrons. The number of sulfonamides is 1. The van der Waals surface area contributed by atoms with Crippen LogP contribution in [0.5, 0.6) is 0 Å². The van der Waals surface area contributed by atoms with Crippen LogP contribution in [0, 0.1) is 11.3 Å². The molecule has 0 heterocycles. The molecule has 0 saturated heterocycles. The Bertz CT molecular complexity index is 318. The monoisotopic (exact) mass is 232 g/mol. The Morgan fingerprint density at radius 1 is 1.50 bits per heavy atom. The summed E-state index contributed by atoms with van der Waals surface area (Å²) in [5, 5.41) is 16.4. The Kier molecular flexibility index (Phi) is 4.31. The smallest absolute Gasteiger partial charge is 0.382 e. The van der Waals surface area contributed by atoms with Crippen molar-refractivity contribution in [1.29, 1.82) is 5.26 Å². The molecule has 1 unspecified atom stereocenters. The first-order valence-corrected chi connectivity index (χ1v) is 4.93. The molecule has 0 bridgehead atoms. The lowest BCUT2D eigenvalue weighted by Crippen LogP contribution is -2.41. The number of hydrogen-bond donors (Lipinski definition) is 2. The van der Waals surface area contributed by atoms with Gasteiger partial charge in [0, 0.05) is 6.54 Å². The fraction of sp³-hybridized carbons (Fsp3) is 0.800. The van der Waals surface area contributed by atoms with Gasteiger partial charge in [0.15, 0.2) is 11.9 Å². The maximum Gasteiger partial charge on any atom is 0.415 e. The van der Waals surface area contributed by atoms with E-state index in [0.29, 0.717) is 0 Å². The highest BCUT2D eigenvalue weighted by Gasteiger charge is 2.38. The summed E-state index contributed by atoms with van der Waals surface area (Å²) in [7, 11) is -4.06. The number of nitrogens with one attached hydrogen (secondary N) is 1. The summed E-state index contributed by atoms with van der Waals surface area (Å²) in [5.41, 5.74) is 0. The second-order valence-corrected chi connectivity index (χ2v) is 4.13. The molecular formula is C5H7F3N2O3S. The van der Waals surface area contributed by atoms with Gasteiger partial charge in [-0.05, 0) is 0 Å². The minimum Gasteiger partial charge on any atom is -0.382 e. The van der Waals surface area contributed by atoms with E-state index in [2.05, 4.69) is 0 Å². The van der Waals surface area contributed by atoms with Crippen LogP contribution in [0.4, 0.5) is 13.2 Å². The second-order valence-electron chi connectivity index (χ2n) is 2.32. The van der Waals surface area contributed by atoms with Gasteiger partial charge in [-0.1, -0.05) is 0 Å². The maximum atomic E-state index is 11.7. The van der Waals surface area contributed by atoms with E-state index >= 15 is 0 Å². The second kappa shape index (κ2) is 4.59. The summed E-state index contributed by atoms with van der Waals surface area (Å²) < 4.78 is 57.7. The number of alkyl halides is 3. The van der Waals surface area contributed by atoms with E-state index in [9.17, 15) is 21.6 Å². The van der Waals surface area contributed by atoms with Crippen molar-refractivity contribution < 1.29 is 26.7 Å². The van der Waals surface area contributed by atoms with E-state index in [1.54, 1.807) is 0 Å². The fourth-order valence-corrected chi connectivity index (χ4v) is 1.14.